The van der Waals surface area contributed by atoms with Crippen LogP contribution in [0.5, 0.6) is 5.75 Å². The fraction of sp³-hybridized carbons (Fsp3) is 0.300. The minimum Gasteiger partial charge on any atom is -0.494 e. The summed E-state index contributed by atoms with van der Waals surface area (Å²) in [5.74, 6) is 0.493. The number of ether oxygens (including phenoxy) is 1. The average molecular weight is 432 g/mol. The number of hydrogen-bond donors (Lipinski definition) is 1. The Balaban J connectivity index is 1.57. The van der Waals surface area contributed by atoms with Crippen molar-refractivity contribution in [2.75, 3.05) is 22.5 Å². The highest BCUT2D eigenvalue weighted by molar-refractivity contribution is 7.92. The molecule has 3 aromatic rings. The molecule has 7 nitrogen and oxygen atoms in total. The highest BCUT2D eigenvalue weighted by Gasteiger charge is 2.32. The van der Waals surface area contributed by atoms with Gasteiger partial charge >= 0.3 is 0 Å². The van der Waals surface area contributed by atoms with E-state index in [9.17, 15) is 13.2 Å². The fourth-order valence-electron chi connectivity index (χ4n) is 3.63. The smallest absolute Gasteiger partial charge is 0.257 e. The Kier molecular flexibility index (Phi) is 4.95. The van der Waals surface area contributed by atoms with Crippen LogP contribution in [0.15, 0.2) is 36.4 Å². The van der Waals surface area contributed by atoms with E-state index in [0.717, 1.165) is 21.5 Å². The number of fused-ring (bicyclic) bond motifs is 2. The van der Waals surface area contributed by atoms with E-state index in [1.807, 2.05) is 32.0 Å². The van der Waals surface area contributed by atoms with Crippen LogP contribution in [-0.4, -0.2) is 38.2 Å². The van der Waals surface area contributed by atoms with Gasteiger partial charge in [-0.1, -0.05) is 11.3 Å². The van der Waals surface area contributed by atoms with Crippen molar-refractivity contribution in [3.63, 3.8) is 0 Å². The molecule has 0 aliphatic carbocycles. The maximum absolute atomic E-state index is 12.7. The van der Waals surface area contributed by atoms with Gasteiger partial charge in [0.15, 0.2) is 5.13 Å². The summed E-state index contributed by atoms with van der Waals surface area (Å²) in [6.45, 7) is 4.37. The first-order valence-corrected chi connectivity index (χ1v) is 11.9. The van der Waals surface area contributed by atoms with Crippen LogP contribution in [0.4, 0.5) is 10.8 Å². The molecule has 0 radical (unpaired) electrons. The Morgan fingerprint density at radius 1 is 1.31 bits per heavy atom. The minimum absolute atomic E-state index is 0.165. The normalized spacial score (nSPS) is 16.1. The van der Waals surface area contributed by atoms with Gasteiger partial charge in [-0.05, 0) is 62.2 Å². The SMILES string of the molecule is CCOc1ccc2nc(NC(=O)c3ccc4c(c3)C[C@H](C)N4S(C)(=O)=O)sc2c1. The van der Waals surface area contributed by atoms with Crippen molar-refractivity contribution < 1.29 is 17.9 Å². The lowest BCUT2D eigenvalue weighted by atomic mass is 10.1. The molecule has 9 heteroatoms. The van der Waals surface area contributed by atoms with Gasteiger partial charge in [0.2, 0.25) is 10.0 Å². The Labute approximate surface area is 173 Å². The zero-order chi connectivity index (χ0) is 20.8. The van der Waals surface area contributed by atoms with Crippen LogP contribution < -0.4 is 14.4 Å². The summed E-state index contributed by atoms with van der Waals surface area (Å²) < 4.78 is 31.9. The van der Waals surface area contributed by atoms with Gasteiger partial charge in [0, 0.05) is 11.6 Å². The van der Waals surface area contributed by atoms with Crippen molar-refractivity contribution >= 4 is 48.3 Å². The van der Waals surface area contributed by atoms with E-state index < -0.39 is 10.0 Å². The Hall–Kier alpha value is -2.65. The summed E-state index contributed by atoms with van der Waals surface area (Å²) in [6, 6.07) is 10.6. The predicted octanol–water partition coefficient (Wildman–Crippen LogP) is 3.66. The van der Waals surface area contributed by atoms with Crippen LogP contribution in [0.2, 0.25) is 0 Å². The van der Waals surface area contributed by atoms with Gasteiger partial charge in [-0.3, -0.25) is 14.4 Å². The molecule has 1 N–H and O–H groups in total. The number of hydrogen-bond acceptors (Lipinski definition) is 6. The molecule has 0 saturated heterocycles. The van der Waals surface area contributed by atoms with Crippen molar-refractivity contribution in [1.82, 2.24) is 4.98 Å². The van der Waals surface area contributed by atoms with E-state index in [2.05, 4.69) is 10.3 Å². The summed E-state index contributed by atoms with van der Waals surface area (Å²) in [5.41, 5.74) is 2.75. The Morgan fingerprint density at radius 2 is 2.10 bits per heavy atom. The number of carbonyl (C=O) groups is 1. The van der Waals surface area contributed by atoms with Crippen LogP contribution in [0.3, 0.4) is 0 Å². The topological polar surface area (TPSA) is 88.6 Å². The average Bonchev–Trinajstić information content (AvgIpc) is 3.19. The molecule has 0 spiro atoms. The second-order valence-corrected chi connectivity index (χ2v) is 9.88. The number of amides is 1. The van der Waals surface area contributed by atoms with Gasteiger partial charge in [0.25, 0.3) is 5.91 Å². The first kappa shape index (κ1) is 19.7. The number of nitrogens with one attached hydrogen (secondary N) is 1. The number of thiazole rings is 1. The van der Waals surface area contributed by atoms with Crippen LogP contribution in [-0.2, 0) is 16.4 Å². The van der Waals surface area contributed by atoms with Crippen molar-refractivity contribution in [3.8, 4) is 5.75 Å². The molecule has 0 unspecified atom stereocenters. The largest absolute Gasteiger partial charge is 0.494 e. The molecule has 1 atom stereocenters. The summed E-state index contributed by atoms with van der Waals surface area (Å²) in [6.07, 6.45) is 1.77. The molecule has 2 aromatic carbocycles. The minimum atomic E-state index is -3.36. The highest BCUT2D eigenvalue weighted by Crippen LogP contribution is 2.35. The zero-order valence-corrected chi connectivity index (χ0v) is 17.9. The third-order valence-electron chi connectivity index (χ3n) is 4.74. The number of anilines is 2. The predicted molar refractivity (Wildman–Crippen MR) is 116 cm³/mol. The molecule has 0 bridgehead atoms. The fourth-order valence-corrected chi connectivity index (χ4v) is 5.79. The molecular formula is C20H21N3O4S2. The number of carbonyl (C=O) groups excluding carboxylic acids is 1. The monoisotopic (exact) mass is 431 g/mol. The number of aromatic nitrogens is 1. The van der Waals surface area contributed by atoms with Crippen molar-refractivity contribution in [3.05, 3.63) is 47.5 Å². The Morgan fingerprint density at radius 3 is 2.83 bits per heavy atom. The van der Waals surface area contributed by atoms with Crippen LogP contribution >= 0.6 is 11.3 Å². The quantitative estimate of drug-likeness (QED) is 0.666. The molecule has 1 aliphatic rings. The van der Waals surface area contributed by atoms with Gasteiger partial charge < -0.3 is 4.74 Å². The molecule has 1 amide bonds. The first-order chi connectivity index (χ1) is 13.8. The zero-order valence-electron chi connectivity index (χ0n) is 16.3. The van der Waals surface area contributed by atoms with E-state index in [1.165, 1.54) is 21.9 Å². The molecule has 0 fully saturated rings. The van der Waals surface area contributed by atoms with Crippen molar-refractivity contribution in [1.29, 1.82) is 0 Å². The standard InChI is InChI=1S/C20H21N3O4S2/c1-4-27-15-6-7-16-18(11-15)28-20(21-16)22-19(24)13-5-8-17-14(10-13)9-12(2)23(17)29(3,25)26/h5-8,10-12H,4,9H2,1-3H3,(H,21,22,24)/t12-/m0/s1. The first-order valence-electron chi connectivity index (χ1n) is 9.23. The lowest BCUT2D eigenvalue weighted by Crippen LogP contribution is -2.34. The summed E-state index contributed by atoms with van der Waals surface area (Å²) in [7, 11) is -3.36. The third kappa shape index (κ3) is 3.79. The van der Waals surface area contributed by atoms with E-state index in [1.54, 1.807) is 18.2 Å². The molecule has 0 saturated carbocycles. The number of nitrogens with zero attached hydrogens (tertiary/aromatic N) is 2. The lowest BCUT2D eigenvalue weighted by Gasteiger charge is -2.21. The summed E-state index contributed by atoms with van der Waals surface area (Å²) in [5, 5.41) is 3.34. The molecule has 2 heterocycles. The molecule has 152 valence electrons. The Bertz CT molecular complexity index is 1200. The van der Waals surface area contributed by atoms with Crippen LogP contribution in [0.1, 0.15) is 29.8 Å². The maximum Gasteiger partial charge on any atom is 0.257 e. The molecule has 29 heavy (non-hydrogen) atoms. The van der Waals surface area contributed by atoms with Gasteiger partial charge in [0.05, 0.1) is 28.8 Å². The number of rotatable bonds is 5. The number of sulfonamides is 1. The molecule has 1 aromatic heterocycles. The van der Waals surface area contributed by atoms with Gasteiger partial charge in [-0.25, -0.2) is 13.4 Å². The van der Waals surface area contributed by atoms with E-state index in [0.29, 0.717) is 29.4 Å². The molecule has 1 aliphatic heterocycles. The van der Waals surface area contributed by atoms with Gasteiger partial charge in [-0.15, -0.1) is 0 Å². The number of benzene rings is 2. The second kappa shape index (κ2) is 7.31. The van der Waals surface area contributed by atoms with Gasteiger partial charge in [0.1, 0.15) is 5.75 Å². The highest BCUT2D eigenvalue weighted by atomic mass is 32.2. The molecular weight excluding hydrogens is 410 g/mol. The maximum atomic E-state index is 12.7. The van der Waals surface area contributed by atoms with Crippen molar-refractivity contribution in [2.24, 2.45) is 0 Å². The van der Waals surface area contributed by atoms with Crippen LogP contribution in [0.25, 0.3) is 10.2 Å². The second-order valence-electron chi connectivity index (χ2n) is 6.99. The van der Waals surface area contributed by atoms with E-state index >= 15 is 0 Å². The lowest BCUT2D eigenvalue weighted by molar-refractivity contribution is 0.102. The van der Waals surface area contributed by atoms with Crippen LogP contribution in [0, 0.1) is 0 Å². The summed E-state index contributed by atoms with van der Waals surface area (Å²) in [4.78, 5) is 17.2. The summed E-state index contributed by atoms with van der Waals surface area (Å²) >= 11 is 1.38. The molecule has 4 rings (SSSR count). The van der Waals surface area contributed by atoms with E-state index in [4.69, 9.17) is 4.74 Å². The van der Waals surface area contributed by atoms with Gasteiger partial charge in [-0.2, -0.15) is 0 Å². The van der Waals surface area contributed by atoms with E-state index in [-0.39, 0.29) is 11.9 Å². The third-order valence-corrected chi connectivity index (χ3v) is 6.95. The van der Waals surface area contributed by atoms with Crippen molar-refractivity contribution in [2.45, 2.75) is 26.3 Å².